The number of ether oxygens (including phenoxy) is 1. The first-order chi connectivity index (χ1) is 14.6. The first-order valence-corrected chi connectivity index (χ1v) is 10.0. The molecule has 2 aromatic heterocycles. The van der Waals surface area contributed by atoms with E-state index in [4.69, 9.17) is 4.74 Å². The van der Waals surface area contributed by atoms with E-state index in [1.165, 1.54) is 11.1 Å². The zero-order valence-electron chi connectivity index (χ0n) is 17.4. The van der Waals surface area contributed by atoms with Crippen LogP contribution in [0, 0.1) is 5.92 Å². The Balaban J connectivity index is 1.55. The molecule has 6 nitrogen and oxygen atoms in total. The van der Waals surface area contributed by atoms with Gasteiger partial charge in [0.15, 0.2) is 0 Å². The van der Waals surface area contributed by atoms with E-state index in [0.717, 1.165) is 17.0 Å². The average molecular weight is 399 g/mol. The van der Waals surface area contributed by atoms with E-state index in [2.05, 4.69) is 70.6 Å². The molecule has 152 valence electrons. The zero-order chi connectivity index (χ0) is 21.0. The van der Waals surface area contributed by atoms with E-state index in [1.54, 1.807) is 6.20 Å². The Bertz CT molecular complexity index is 1060. The fourth-order valence-corrected chi connectivity index (χ4v) is 3.62. The molecule has 0 spiro atoms. The summed E-state index contributed by atoms with van der Waals surface area (Å²) in [7, 11) is 0. The third-order valence-corrected chi connectivity index (χ3v) is 5.81. The number of tetrazole rings is 1. The van der Waals surface area contributed by atoms with Crippen molar-refractivity contribution in [1.29, 1.82) is 0 Å². The maximum absolute atomic E-state index is 5.90. The van der Waals surface area contributed by atoms with Crippen LogP contribution in [-0.4, -0.2) is 25.6 Å². The highest BCUT2D eigenvalue weighted by atomic mass is 16.5. The van der Waals surface area contributed by atoms with Gasteiger partial charge in [0.2, 0.25) is 5.82 Å². The van der Waals surface area contributed by atoms with E-state index >= 15 is 0 Å². The molecule has 2 heterocycles. The molecule has 0 aliphatic heterocycles. The highest BCUT2D eigenvalue weighted by Crippen LogP contribution is 2.40. The third kappa shape index (κ3) is 3.94. The maximum atomic E-state index is 5.90. The van der Waals surface area contributed by atoms with Crippen LogP contribution < -0.4 is 4.74 Å². The Morgan fingerprint density at radius 2 is 1.63 bits per heavy atom. The van der Waals surface area contributed by atoms with Gasteiger partial charge in [0.1, 0.15) is 12.4 Å². The lowest BCUT2D eigenvalue weighted by Gasteiger charge is -2.35. The molecule has 1 unspecified atom stereocenters. The fourth-order valence-electron chi connectivity index (χ4n) is 3.62. The summed E-state index contributed by atoms with van der Waals surface area (Å²) in [6, 6.07) is 22.6. The SMILES string of the molecule is CC(C)C(C)(c1ccc(OCc2ccccn2)cc1)c1ccc(-c2nn[nH]n2)cc1. The lowest BCUT2D eigenvalue weighted by molar-refractivity contribution is 0.301. The molecular weight excluding hydrogens is 374 g/mol. The summed E-state index contributed by atoms with van der Waals surface area (Å²) in [5, 5.41) is 14.2. The predicted molar refractivity (Wildman–Crippen MR) is 116 cm³/mol. The van der Waals surface area contributed by atoms with Gasteiger partial charge in [-0.2, -0.15) is 5.21 Å². The molecule has 4 aromatic rings. The van der Waals surface area contributed by atoms with Crippen LogP contribution in [0.3, 0.4) is 0 Å². The highest BCUT2D eigenvalue weighted by molar-refractivity contribution is 5.55. The first-order valence-electron chi connectivity index (χ1n) is 10.0. The van der Waals surface area contributed by atoms with Crippen molar-refractivity contribution in [3.05, 3.63) is 89.7 Å². The quantitative estimate of drug-likeness (QED) is 0.483. The number of H-pyrrole nitrogens is 1. The minimum atomic E-state index is -0.144. The van der Waals surface area contributed by atoms with Gasteiger partial charge in [0.05, 0.1) is 5.69 Å². The van der Waals surface area contributed by atoms with Crippen LogP contribution in [0.2, 0.25) is 0 Å². The van der Waals surface area contributed by atoms with Gasteiger partial charge in [-0.1, -0.05) is 63.2 Å². The normalized spacial score (nSPS) is 13.2. The van der Waals surface area contributed by atoms with E-state index in [9.17, 15) is 0 Å². The summed E-state index contributed by atoms with van der Waals surface area (Å²) in [4.78, 5) is 4.30. The second-order valence-electron chi connectivity index (χ2n) is 7.80. The van der Waals surface area contributed by atoms with Gasteiger partial charge in [-0.25, -0.2) is 0 Å². The van der Waals surface area contributed by atoms with Crippen LogP contribution in [0.5, 0.6) is 5.75 Å². The van der Waals surface area contributed by atoms with Crippen molar-refractivity contribution in [1.82, 2.24) is 25.6 Å². The fraction of sp³-hybridized carbons (Fsp3) is 0.250. The van der Waals surface area contributed by atoms with Crippen molar-refractivity contribution in [2.75, 3.05) is 0 Å². The van der Waals surface area contributed by atoms with Crippen LogP contribution in [-0.2, 0) is 12.0 Å². The number of nitrogens with zero attached hydrogens (tertiary/aromatic N) is 4. The largest absolute Gasteiger partial charge is 0.487 e. The molecule has 4 rings (SSSR count). The third-order valence-electron chi connectivity index (χ3n) is 5.81. The van der Waals surface area contributed by atoms with Gasteiger partial charge in [0, 0.05) is 17.2 Å². The molecule has 0 radical (unpaired) electrons. The lowest BCUT2D eigenvalue weighted by Crippen LogP contribution is -2.30. The van der Waals surface area contributed by atoms with Crippen LogP contribution in [0.4, 0.5) is 0 Å². The molecule has 1 atom stereocenters. The summed E-state index contributed by atoms with van der Waals surface area (Å²) in [5.74, 6) is 1.83. The first kappa shape index (κ1) is 19.8. The number of benzene rings is 2. The Kier molecular flexibility index (Phi) is 5.57. The molecule has 6 heteroatoms. The number of rotatable bonds is 7. The van der Waals surface area contributed by atoms with Crippen molar-refractivity contribution >= 4 is 0 Å². The van der Waals surface area contributed by atoms with E-state index in [1.807, 2.05) is 42.5 Å². The highest BCUT2D eigenvalue weighted by Gasteiger charge is 2.32. The van der Waals surface area contributed by atoms with Crippen LogP contribution in [0.25, 0.3) is 11.4 Å². The number of pyridine rings is 1. The minimum absolute atomic E-state index is 0.144. The molecule has 0 aliphatic carbocycles. The van der Waals surface area contributed by atoms with Gasteiger partial charge < -0.3 is 4.74 Å². The standard InChI is InChI=1S/C24H25N5O/c1-17(2)24(3,19-9-7-18(8-10-19)23-26-28-29-27-23)20-11-13-22(14-12-20)30-16-21-6-4-5-15-25-21/h4-15,17H,16H2,1-3H3,(H,26,27,28,29). The number of hydrogen-bond donors (Lipinski definition) is 1. The molecule has 30 heavy (non-hydrogen) atoms. The maximum Gasteiger partial charge on any atom is 0.204 e. The zero-order valence-corrected chi connectivity index (χ0v) is 17.4. The summed E-state index contributed by atoms with van der Waals surface area (Å²) < 4.78 is 5.90. The van der Waals surface area contributed by atoms with Crippen molar-refractivity contribution in [2.45, 2.75) is 32.8 Å². The molecule has 0 saturated carbocycles. The molecule has 2 aromatic carbocycles. The monoisotopic (exact) mass is 399 g/mol. The molecule has 1 N–H and O–H groups in total. The topological polar surface area (TPSA) is 76.6 Å². The molecular formula is C24H25N5O. The minimum Gasteiger partial charge on any atom is -0.487 e. The average Bonchev–Trinajstić information content (AvgIpc) is 3.33. The second kappa shape index (κ2) is 8.45. The van der Waals surface area contributed by atoms with E-state index in [-0.39, 0.29) is 5.41 Å². The summed E-state index contributed by atoms with van der Waals surface area (Å²) in [6.45, 7) is 7.24. The van der Waals surface area contributed by atoms with Crippen LogP contribution >= 0.6 is 0 Å². The molecule has 0 saturated heterocycles. The Hall–Kier alpha value is -3.54. The molecule has 0 amide bonds. The number of aromatic nitrogens is 5. The Labute approximate surface area is 176 Å². The smallest absolute Gasteiger partial charge is 0.204 e. The van der Waals surface area contributed by atoms with Crippen molar-refractivity contribution < 1.29 is 4.74 Å². The number of hydrogen-bond acceptors (Lipinski definition) is 5. The van der Waals surface area contributed by atoms with E-state index in [0.29, 0.717) is 18.3 Å². The molecule has 0 aliphatic rings. The summed E-state index contributed by atoms with van der Waals surface area (Å²) >= 11 is 0. The summed E-state index contributed by atoms with van der Waals surface area (Å²) in [6.07, 6.45) is 1.78. The van der Waals surface area contributed by atoms with Crippen molar-refractivity contribution in [2.24, 2.45) is 5.92 Å². The van der Waals surface area contributed by atoms with Gasteiger partial charge in [-0.05, 0) is 46.5 Å². The van der Waals surface area contributed by atoms with Crippen molar-refractivity contribution in [3.63, 3.8) is 0 Å². The van der Waals surface area contributed by atoms with Crippen molar-refractivity contribution in [3.8, 4) is 17.1 Å². The predicted octanol–water partition coefficient (Wildman–Crippen LogP) is 4.80. The number of nitrogens with one attached hydrogen (secondary N) is 1. The Morgan fingerprint density at radius 1 is 0.933 bits per heavy atom. The van der Waals surface area contributed by atoms with Gasteiger partial charge >= 0.3 is 0 Å². The van der Waals surface area contributed by atoms with Gasteiger partial charge in [-0.15, -0.1) is 10.2 Å². The summed E-state index contributed by atoms with van der Waals surface area (Å²) in [5.41, 5.74) is 4.20. The van der Waals surface area contributed by atoms with Gasteiger partial charge in [-0.3, -0.25) is 4.98 Å². The van der Waals surface area contributed by atoms with E-state index < -0.39 is 0 Å². The van der Waals surface area contributed by atoms with Crippen LogP contribution in [0.15, 0.2) is 72.9 Å². The second-order valence-corrected chi connectivity index (χ2v) is 7.80. The molecule has 0 fully saturated rings. The van der Waals surface area contributed by atoms with Crippen LogP contribution in [0.1, 0.15) is 37.6 Å². The Morgan fingerprint density at radius 3 is 2.20 bits per heavy atom. The lowest BCUT2D eigenvalue weighted by atomic mass is 9.68. The van der Waals surface area contributed by atoms with Gasteiger partial charge in [0.25, 0.3) is 0 Å². The molecule has 0 bridgehead atoms. The number of aromatic amines is 1.